The summed E-state index contributed by atoms with van der Waals surface area (Å²) in [6, 6.07) is 4.76. The summed E-state index contributed by atoms with van der Waals surface area (Å²) < 4.78 is 0. The first-order valence-corrected chi connectivity index (χ1v) is 5.55. The first kappa shape index (κ1) is 12.8. The van der Waals surface area contributed by atoms with Gasteiger partial charge in [-0.1, -0.05) is 26.8 Å². The largest absolute Gasteiger partial charge is 0.508 e. The molecule has 0 aromatic heterocycles. The van der Waals surface area contributed by atoms with Crippen molar-refractivity contribution in [2.24, 2.45) is 5.41 Å². The molecule has 0 fully saturated rings. The summed E-state index contributed by atoms with van der Waals surface area (Å²) in [5.41, 5.74) is 1.02. The Balaban J connectivity index is 2.70. The fourth-order valence-electron chi connectivity index (χ4n) is 1.47. The van der Waals surface area contributed by atoms with Crippen LogP contribution in [0.4, 0.5) is 0 Å². The Morgan fingerprint density at radius 1 is 1.25 bits per heavy atom. The first-order valence-electron chi connectivity index (χ1n) is 5.55. The Hall–Kier alpha value is -1.22. The monoisotopic (exact) mass is 223 g/mol. The van der Waals surface area contributed by atoms with Crippen LogP contribution in [-0.2, 0) is 0 Å². The maximum absolute atomic E-state index is 9.69. The molecule has 3 nitrogen and oxygen atoms in total. The topological polar surface area (TPSA) is 52.5 Å². The van der Waals surface area contributed by atoms with Crippen LogP contribution in [0.15, 0.2) is 18.2 Å². The Bertz CT molecular complexity index is 355. The highest BCUT2D eigenvalue weighted by molar-refractivity contribution is 5.40. The second-order valence-electron chi connectivity index (χ2n) is 5.41. The number of hydrogen-bond donors (Lipinski definition) is 3. The molecule has 0 amide bonds. The number of aromatic hydroxyl groups is 2. The first-order chi connectivity index (χ1) is 7.29. The van der Waals surface area contributed by atoms with Gasteiger partial charge in [0.2, 0.25) is 0 Å². The number of phenolic OH excluding ortho intramolecular Hbond substituents is 2. The van der Waals surface area contributed by atoms with E-state index in [1.807, 2.05) is 6.92 Å². The zero-order valence-corrected chi connectivity index (χ0v) is 10.4. The van der Waals surface area contributed by atoms with E-state index in [4.69, 9.17) is 0 Å². The predicted octanol–water partition coefficient (Wildman–Crippen LogP) is 2.79. The molecule has 16 heavy (non-hydrogen) atoms. The van der Waals surface area contributed by atoms with Crippen molar-refractivity contribution in [2.75, 3.05) is 6.54 Å². The smallest absolute Gasteiger partial charge is 0.124 e. The van der Waals surface area contributed by atoms with Crippen LogP contribution in [-0.4, -0.2) is 16.8 Å². The minimum absolute atomic E-state index is 0.0693. The van der Waals surface area contributed by atoms with Gasteiger partial charge in [0.15, 0.2) is 0 Å². The number of phenols is 2. The van der Waals surface area contributed by atoms with E-state index in [0.717, 1.165) is 12.1 Å². The highest BCUT2D eigenvalue weighted by atomic mass is 16.3. The Morgan fingerprint density at radius 3 is 2.38 bits per heavy atom. The third-order valence-corrected chi connectivity index (χ3v) is 2.42. The summed E-state index contributed by atoms with van der Waals surface area (Å²) in [6.45, 7) is 9.34. The van der Waals surface area contributed by atoms with Gasteiger partial charge in [0.05, 0.1) is 0 Å². The van der Waals surface area contributed by atoms with E-state index in [0.29, 0.717) is 0 Å². The SMILES string of the molecule is CC(NCC(C)(C)C)c1ccc(O)cc1O. The van der Waals surface area contributed by atoms with Crippen LogP contribution >= 0.6 is 0 Å². The van der Waals surface area contributed by atoms with Crippen molar-refractivity contribution in [3.63, 3.8) is 0 Å². The van der Waals surface area contributed by atoms with Gasteiger partial charge in [-0.15, -0.1) is 0 Å². The van der Waals surface area contributed by atoms with Crippen molar-refractivity contribution in [1.82, 2.24) is 5.32 Å². The highest BCUT2D eigenvalue weighted by Crippen LogP contribution is 2.28. The van der Waals surface area contributed by atoms with E-state index in [1.54, 1.807) is 12.1 Å². The fourth-order valence-corrected chi connectivity index (χ4v) is 1.47. The van der Waals surface area contributed by atoms with Gasteiger partial charge in [-0.05, 0) is 18.4 Å². The molecular weight excluding hydrogens is 202 g/mol. The molecule has 0 saturated carbocycles. The van der Waals surface area contributed by atoms with Gasteiger partial charge in [0.1, 0.15) is 11.5 Å². The molecule has 0 heterocycles. The standard InChI is InChI=1S/C13H21NO2/c1-9(14-8-13(2,3)4)11-6-5-10(15)7-12(11)16/h5-7,9,14-16H,8H2,1-4H3. The molecule has 0 aliphatic heterocycles. The van der Waals surface area contributed by atoms with Crippen molar-refractivity contribution >= 4 is 0 Å². The van der Waals surface area contributed by atoms with Gasteiger partial charge in [-0.3, -0.25) is 0 Å². The lowest BCUT2D eigenvalue weighted by molar-refractivity contribution is 0.354. The van der Waals surface area contributed by atoms with Crippen molar-refractivity contribution in [2.45, 2.75) is 33.7 Å². The fraction of sp³-hybridized carbons (Fsp3) is 0.538. The van der Waals surface area contributed by atoms with Crippen LogP contribution in [0.2, 0.25) is 0 Å². The summed E-state index contributed by atoms with van der Waals surface area (Å²) in [6.07, 6.45) is 0. The molecule has 1 rings (SSSR count). The van der Waals surface area contributed by atoms with Crippen LogP contribution in [0.3, 0.4) is 0 Å². The normalized spacial score (nSPS) is 13.8. The van der Waals surface area contributed by atoms with E-state index in [-0.39, 0.29) is 23.0 Å². The van der Waals surface area contributed by atoms with Crippen LogP contribution < -0.4 is 5.32 Å². The number of rotatable bonds is 3. The lowest BCUT2D eigenvalue weighted by atomic mass is 9.96. The van der Waals surface area contributed by atoms with E-state index in [1.165, 1.54) is 6.07 Å². The summed E-state index contributed by atoms with van der Waals surface area (Å²) in [4.78, 5) is 0. The predicted molar refractivity (Wildman–Crippen MR) is 65.6 cm³/mol. The second kappa shape index (κ2) is 4.74. The molecule has 1 atom stereocenters. The van der Waals surface area contributed by atoms with E-state index < -0.39 is 0 Å². The van der Waals surface area contributed by atoms with Crippen molar-refractivity contribution < 1.29 is 10.2 Å². The van der Waals surface area contributed by atoms with E-state index in [9.17, 15) is 10.2 Å². The molecule has 0 aliphatic rings. The molecule has 1 aromatic rings. The average Bonchev–Trinajstić information content (AvgIpc) is 2.13. The summed E-state index contributed by atoms with van der Waals surface area (Å²) >= 11 is 0. The third-order valence-electron chi connectivity index (χ3n) is 2.42. The van der Waals surface area contributed by atoms with Gasteiger partial charge in [0, 0.05) is 24.2 Å². The molecule has 1 aromatic carbocycles. The zero-order valence-electron chi connectivity index (χ0n) is 10.4. The van der Waals surface area contributed by atoms with Crippen LogP contribution in [0, 0.1) is 5.41 Å². The maximum Gasteiger partial charge on any atom is 0.124 e. The van der Waals surface area contributed by atoms with Crippen LogP contribution in [0.5, 0.6) is 11.5 Å². The number of hydrogen-bond acceptors (Lipinski definition) is 3. The van der Waals surface area contributed by atoms with Gasteiger partial charge in [0.25, 0.3) is 0 Å². The third kappa shape index (κ3) is 3.74. The second-order valence-corrected chi connectivity index (χ2v) is 5.41. The molecule has 90 valence electrons. The minimum atomic E-state index is 0.0693. The minimum Gasteiger partial charge on any atom is -0.508 e. The van der Waals surface area contributed by atoms with Crippen molar-refractivity contribution in [1.29, 1.82) is 0 Å². The molecule has 0 radical (unpaired) electrons. The molecular formula is C13H21NO2. The van der Waals surface area contributed by atoms with Crippen molar-refractivity contribution in [3.8, 4) is 11.5 Å². The average molecular weight is 223 g/mol. The summed E-state index contributed by atoms with van der Waals surface area (Å²) in [5.74, 6) is 0.221. The lowest BCUT2D eigenvalue weighted by Crippen LogP contribution is -2.29. The quantitative estimate of drug-likeness (QED) is 0.738. The Kier molecular flexibility index (Phi) is 3.81. The summed E-state index contributed by atoms with van der Waals surface area (Å²) in [7, 11) is 0. The van der Waals surface area contributed by atoms with Gasteiger partial charge < -0.3 is 15.5 Å². The van der Waals surface area contributed by atoms with Gasteiger partial charge in [-0.25, -0.2) is 0 Å². The molecule has 0 aliphatic carbocycles. The van der Waals surface area contributed by atoms with E-state index in [2.05, 4.69) is 26.1 Å². The van der Waals surface area contributed by atoms with Crippen molar-refractivity contribution in [3.05, 3.63) is 23.8 Å². The van der Waals surface area contributed by atoms with E-state index >= 15 is 0 Å². The van der Waals surface area contributed by atoms with Gasteiger partial charge in [-0.2, -0.15) is 0 Å². The molecule has 3 N–H and O–H groups in total. The molecule has 0 spiro atoms. The molecule has 3 heteroatoms. The molecule has 0 saturated heterocycles. The summed E-state index contributed by atoms with van der Waals surface area (Å²) in [5, 5.41) is 22.2. The van der Waals surface area contributed by atoms with Crippen LogP contribution in [0.25, 0.3) is 0 Å². The Morgan fingerprint density at radius 2 is 1.88 bits per heavy atom. The molecule has 1 unspecified atom stereocenters. The zero-order chi connectivity index (χ0) is 12.3. The Labute approximate surface area is 97.1 Å². The van der Waals surface area contributed by atoms with Gasteiger partial charge >= 0.3 is 0 Å². The number of nitrogens with one attached hydrogen (secondary N) is 1. The highest BCUT2D eigenvalue weighted by Gasteiger charge is 2.15. The number of benzene rings is 1. The van der Waals surface area contributed by atoms with Crippen LogP contribution in [0.1, 0.15) is 39.3 Å². The molecule has 0 bridgehead atoms. The lowest BCUT2D eigenvalue weighted by Gasteiger charge is -2.23. The maximum atomic E-state index is 9.69.